The minimum Gasteiger partial charge on any atom is -0.486 e. The van der Waals surface area contributed by atoms with Gasteiger partial charge in [0.15, 0.2) is 5.82 Å². The maximum Gasteiger partial charge on any atom is 0.231 e. The van der Waals surface area contributed by atoms with Crippen LogP contribution >= 0.6 is 34.7 Å². The van der Waals surface area contributed by atoms with E-state index in [9.17, 15) is 4.79 Å². The molecule has 4 rings (SSSR count). The van der Waals surface area contributed by atoms with Crippen molar-refractivity contribution >= 4 is 40.6 Å². The lowest BCUT2D eigenvalue weighted by Gasteiger charge is -2.18. The van der Waals surface area contributed by atoms with Crippen molar-refractivity contribution in [3.8, 4) is 5.75 Å². The van der Waals surface area contributed by atoms with Crippen molar-refractivity contribution in [3.63, 3.8) is 0 Å². The molecule has 1 atom stereocenters. The number of carbonyl (C=O) groups excluding carboxylic acids is 1. The average Bonchev–Trinajstić information content (AvgIpc) is 3.49. The van der Waals surface area contributed by atoms with Crippen LogP contribution in [-0.4, -0.2) is 26.8 Å². The van der Waals surface area contributed by atoms with E-state index in [1.54, 1.807) is 35.6 Å². The third-order valence-electron chi connectivity index (χ3n) is 4.58. The Labute approximate surface area is 199 Å². The fourth-order valence-corrected chi connectivity index (χ4v) is 4.51. The molecule has 0 aliphatic carbocycles. The van der Waals surface area contributed by atoms with Gasteiger partial charge in [0.05, 0.1) is 11.8 Å². The smallest absolute Gasteiger partial charge is 0.231 e. The molecular formula is C23H21ClN4O2S2. The van der Waals surface area contributed by atoms with Crippen molar-refractivity contribution in [2.45, 2.75) is 24.7 Å². The van der Waals surface area contributed by atoms with E-state index in [1.165, 1.54) is 17.3 Å². The summed E-state index contributed by atoms with van der Waals surface area (Å²) in [5.74, 6) is 1.40. The molecule has 2 heterocycles. The van der Waals surface area contributed by atoms with Crippen LogP contribution in [0.5, 0.6) is 5.75 Å². The lowest BCUT2D eigenvalue weighted by Crippen LogP contribution is -2.30. The van der Waals surface area contributed by atoms with Gasteiger partial charge in [0.1, 0.15) is 12.4 Å². The molecule has 1 unspecified atom stereocenters. The number of aryl methyl sites for hydroxylation is 1. The number of halogens is 1. The monoisotopic (exact) mass is 484 g/mol. The van der Waals surface area contributed by atoms with E-state index in [0.29, 0.717) is 21.8 Å². The Bertz CT molecular complexity index is 1150. The Morgan fingerprint density at radius 2 is 1.97 bits per heavy atom. The summed E-state index contributed by atoms with van der Waals surface area (Å²) in [5, 5.41) is 13.3. The Morgan fingerprint density at radius 1 is 1.19 bits per heavy atom. The van der Waals surface area contributed by atoms with Gasteiger partial charge in [-0.05, 0) is 48.2 Å². The minimum absolute atomic E-state index is 0.0854. The Kier molecular flexibility index (Phi) is 7.47. The summed E-state index contributed by atoms with van der Waals surface area (Å²) < 4.78 is 5.66. The molecule has 6 nitrogen and oxygen atoms in total. The molecule has 0 spiro atoms. The first-order valence-corrected chi connectivity index (χ1v) is 12.1. The molecule has 2 aromatic carbocycles. The number of nitrogens with zero attached hydrogens (tertiary/aromatic N) is 2. The second kappa shape index (κ2) is 10.7. The zero-order chi connectivity index (χ0) is 22.3. The van der Waals surface area contributed by atoms with Crippen LogP contribution in [-0.2, 0) is 11.4 Å². The van der Waals surface area contributed by atoms with Crippen molar-refractivity contribution in [1.82, 2.24) is 20.5 Å². The third kappa shape index (κ3) is 6.12. The van der Waals surface area contributed by atoms with Crippen LogP contribution in [0, 0.1) is 6.92 Å². The topological polar surface area (TPSA) is 79.9 Å². The predicted octanol–water partition coefficient (Wildman–Crippen LogP) is 5.40. The van der Waals surface area contributed by atoms with Crippen LogP contribution in [0.1, 0.15) is 27.9 Å². The van der Waals surface area contributed by atoms with Crippen molar-refractivity contribution in [1.29, 1.82) is 0 Å². The Balaban J connectivity index is 1.31. The highest BCUT2D eigenvalue weighted by Crippen LogP contribution is 2.27. The highest BCUT2D eigenvalue weighted by atomic mass is 35.5. The van der Waals surface area contributed by atoms with E-state index >= 15 is 0 Å². The highest BCUT2D eigenvalue weighted by Gasteiger charge is 2.18. The molecule has 9 heteroatoms. The lowest BCUT2D eigenvalue weighted by molar-refractivity contribution is -0.119. The number of hydrogen-bond acceptors (Lipinski definition) is 6. The Morgan fingerprint density at radius 3 is 2.69 bits per heavy atom. The zero-order valence-corrected chi connectivity index (χ0v) is 19.6. The van der Waals surface area contributed by atoms with Crippen LogP contribution < -0.4 is 10.1 Å². The van der Waals surface area contributed by atoms with Gasteiger partial charge in [-0.1, -0.05) is 59.3 Å². The molecule has 2 aromatic heterocycles. The number of aromatic nitrogens is 3. The van der Waals surface area contributed by atoms with E-state index < -0.39 is 0 Å². The lowest BCUT2D eigenvalue weighted by atomic mass is 10.0. The van der Waals surface area contributed by atoms with Gasteiger partial charge in [0.25, 0.3) is 0 Å². The summed E-state index contributed by atoms with van der Waals surface area (Å²) >= 11 is 8.77. The molecule has 0 radical (unpaired) electrons. The van der Waals surface area contributed by atoms with Gasteiger partial charge >= 0.3 is 0 Å². The molecule has 0 aliphatic rings. The number of nitrogens with one attached hydrogen (secondary N) is 2. The largest absolute Gasteiger partial charge is 0.486 e. The molecule has 1 amide bonds. The molecule has 0 aliphatic heterocycles. The summed E-state index contributed by atoms with van der Waals surface area (Å²) in [4.78, 5) is 18.1. The second-order valence-electron chi connectivity index (χ2n) is 7.02. The summed E-state index contributed by atoms with van der Waals surface area (Å²) in [5.41, 5.74) is 2.23. The molecule has 164 valence electrons. The number of aromatic amines is 1. The van der Waals surface area contributed by atoms with E-state index in [0.717, 1.165) is 10.4 Å². The van der Waals surface area contributed by atoms with Crippen LogP contribution in [0.15, 0.2) is 71.2 Å². The number of rotatable bonds is 9. The van der Waals surface area contributed by atoms with E-state index in [1.807, 2.05) is 24.4 Å². The molecule has 4 aromatic rings. The summed E-state index contributed by atoms with van der Waals surface area (Å²) in [6, 6.07) is 19.1. The fraction of sp³-hybridized carbons (Fsp3) is 0.174. The van der Waals surface area contributed by atoms with E-state index in [2.05, 4.69) is 44.8 Å². The van der Waals surface area contributed by atoms with Crippen molar-refractivity contribution in [2.75, 3.05) is 5.75 Å². The van der Waals surface area contributed by atoms with Crippen LogP contribution in [0.3, 0.4) is 0 Å². The molecule has 0 saturated carbocycles. The van der Waals surface area contributed by atoms with Gasteiger partial charge in [0, 0.05) is 9.90 Å². The number of thiophene rings is 1. The van der Waals surface area contributed by atoms with E-state index in [-0.39, 0.29) is 24.3 Å². The molecule has 0 fully saturated rings. The highest BCUT2D eigenvalue weighted by molar-refractivity contribution is 7.99. The predicted molar refractivity (Wildman–Crippen MR) is 128 cm³/mol. The first kappa shape index (κ1) is 22.4. The van der Waals surface area contributed by atoms with Crippen molar-refractivity contribution in [2.24, 2.45) is 0 Å². The molecular weight excluding hydrogens is 464 g/mol. The zero-order valence-electron chi connectivity index (χ0n) is 17.2. The van der Waals surface area contributed by atoms with Crippen molar-refractivity contribution in [3.05, 3.63) is 92.9 Å². The number of H-pyrrole nitrogens is 1. The van der Waals surface area contributed by atoms with Crippen molar-refractivity contribution < 1.29 is 9.53 Å². The van der Waals surface area contributed by atoms with Crippen LogP contribution in [0.4, 0.5) is 0 Å². The number of carbonyl (C=O) groups is 1. The summed E-state index contributed by atoms with van der Waals surface area (Å²) in [7, 11) is 0. The van der Waals surface area contributed by atoms with Crippen LogP contribution in [0.2, 0.25) is 5.02 Å². The first-order valence-electron chi connectivity index (χ1n) is 9.88. The quantitative estimate of drug-likeness (QED) is 0.311. The third-order valence-corrected chi connectivity index (χ3v) is 6.61. The Hall–Kier alpha value is -2.81. The van der Waals surface area contributed by atoms with Gasteiger partial charge in [-0.3, -0.25) is 9.89 Å². The van der Waals surface area contributed by atoms with Gasteiger partial charge < -0.3 is 10.1 Å². The number of hydrogen-bond donors (Lipinski definition) is 2. The van der Waals surface area contributed by atoms with Gasteiger partial charge in [-0.2, -0.15) is 0 Å². The number of benzene rings is 2. The second-order valence-corrected chi connectivity index (χ2v) is 9.38. The standard InChI is InChI=1S/C23H21ClN4O2S2/c1-15-4-6-16(7-5-15)22(19-3-2-12-31-19)26-21(29)14-32-23-25-20(27-28-23)13-30-18-10-8-17(24)9-11-18/h2-12,22H,13-14H2,1H3,(H,26,29)(H,25,27,28). The molecule has 0 bridgehead atoms. The fourth-order valence-electron chi connectivity index (χ4n) is 2.96. The molecule has 32 heavy (non-hydrogen) atoms. The maximum absolute atomic E-state index is 12.7. The minimum atomic E-state index is -0.181. The number of ether oxygens (including phenoxy) is 1. The number of amides is 1. The summed E-state index contributed by atoms with van der Waals surface area (Å²) in [6.07, 6.45) is 0. The normalized spacial score (nSPS) is 11.8. The first-order chi connectivity index (χ1) is 15.6. The molecule has 0 saturated heterocycles. The number of thioether (sulfide) groups is 1. The van der Waals surface area contributed by atoms with Gasteiger partial charge in [0.2, 0.25) is 11.1 Å². The van der Waals surface area contributed by atoms with E-state index in [4.69, 9.17) is 16.3 Å². The SMILES string of the molecule is Cc1ccc(C(NC(=O)CSc2n[nH]c(COc3ccc(Cl)cc3)n2)c2cccs2)cc1. The average molecular weight is 485 g/mol. The van der Waals surface area contributed by atoms with Gasteiger partial charge in [-0.25, -0.2) is 4.98 Å². The van der Waals surface area contributed by atoms with Crippen LogP contribution in [0.25, 0.3) is 0 Å². The molecule has 2 N–H and O–H groups in total. The maximum atomic E-state index is 12.7. The summed E-state index contributed by atoms with van der Waals surface area (Å²) in [6.45, 7) is 2.29. The van der Waals surface area contributed by atoms with Gasteiger partial charge in [-0.15, -0.1) is 16.4 Å².